The minimum atomic E-state index is -0.966. The van der Waals surface area contributed by atoms with Crippen molar-refractivity contribution < 1.29 is 19.0 Å². The summed E-state index contributed by atoms with van der Waals surface area (Å²) in [6.45, 7) is 3.38. The number of aliphatic hydroxyl groups is 1. The lowest BCUT2D eigenvalue weighted by atomic mass is 9.93. The second-order valence-electron chi connectivity index (χ2n) is 8.58. The summed E-state index contributed by atoms with van der Waals surface area (Å²) in [6, 6.07) is 3.99. The number of hydrogen-bond donors (Lipinski definition) is 3. The van der Waals surface area contributed by atoms with Gasteiger partial charge in [-0.3, -0.25) is 4.98 Å². The highest BCUT2D eigenvalue weighted by Gasteiger charge is 2.23. The third-order valence-electron chi connectivity index (χ3n) is 6.07. The van der Waals surface area contributed by atoms with Gasteiger partial charge in [0.05, 0.1) is 30.5 Å². The molecule has 2 fully saturated rings. The monoisotopic (exact) mass is 458 g/mol. The van der Waals surface area contributed by atoms with Gasteiger partial charge in [-0.15, -0.1) is 0 Å². The van der Waals surface area contributed by atoms with Gasteiger partial charge in [-0.05, 0) is 43.7 Å². The van der Waals surface area contributed by atoms with E-state index in [4.69, 9.17) is 4.74 Å². The molecule has 1 atom stereocenters. The van der Waals surface area contributed by atoms with E-state index in [-0.39, 0.29) is 24.8 Å². The zero-order valence-corrected chi connectivity index (χ0v) is 18.8. The summed E-state index contributed by atoms with van der Waals surface area (Å²) in [5.74, 6) is 0.988. The van der Waals surface area contributed by atoms with E-state index in [0.29, 0.717) is 43.6 Å². The van der Waals surface area contributed by atoms with Crippen LogP contribution in [0.5, 0.6) is 0 Å². The Labute approximate surface area is 192 Å². The van der Waals surface area contributed by atoms with E-state index >= 15 is 0 Å². The van der Waals surface area contributed by atoms with Crippen molar-refractivity contribution in [3.63, 3.8) is 0 Å². The van der Waals surface area contributed by atoms with E-state index < -0.39 is 6.17 Å². The van der Waals surface area contributed by atoms with Crippen molar-refractivity contribution in [2.45, 2.75) is 63.9 Å². The fraction of sp³-hybridized carbons (Fsp3) is 0.565. The maximum atomic E-state index is 13.7. The molecule has 2 aromatic heterocycles. The molecule has 1 saturated heterocycles. The van der Waals surface area contributed by atoms with Gasteiger partial charge in [0.25, 0.3) is 0 Å². The van der Waals surface area contributed by atoms with Crippen molar-refractivity contribution in [3.8, 4) is 11.3 Å². The maximum absolute atomic E-state index is 13.7. The highest BCUT2D eigenvalue weighted by Crippen LogP contribution is 2.29. The third kappa shape index (κ3) is 6.07. The van der Waals surface area contributed by atoms with Gasteiger partial charge in [-0.1, -0.05) is 13.0 Å². The third-order valence-corrected chi connectivity index (χ3v) is 6.07. The van der Waals surface area contributed by atoms with E-state index in [1.807, 2.05) is 12.1 Å². The summed E-state index contributed by atoms with van der Waals surface area (Å²) >= 11 is 0. The molecule has 0 unspecified atom stereocenters. The Kier molecular flexibility index (Phi) is 7.54. The Bertz CT molecular complexity index is 936. The number of nitrogens with one attached hydrogen (secondary N) is 2. The Balaban J connectivity index is 1.52. The number of rotatable bonds is 9. The number of carbonyl (C=O) groups is 1. The van der Waals surface area contributed by atoms with E-state index in [1.54, 1.807) is 24.2 Å². The molecule has 9 nitrogen and oxygen atoms in total. The SMILES string of the molecule is CC[C@H](F)CNc1ncc(-c2ccc(CN3CCOC3=O)cn2)c(NC2CCC(O)CC2)n1. The molecule has 10 heteroatoms. The molecule has 3 heterocycles. The molecular weight excluding hydrogens is 427 g/mol. The smallest absolute Gasteiger partial charge is 0.410 e. The van der Waals surface area contributed by atoms with Crippen LogP contribution in [0.25, 0.3) is 11.3 Å². The molecule has 4 rings (SSSR count). The number of anilines is 2. The van der Waals surface area contributed by atoms with Crippen LogP contribution in [0.3, 0.4) is 0 Å². The van der Waals surface area contributed by atoms with Crippen LogP contribution in [0.4, 0.5) is 21.0 Å². The van der Waals surface area contributed by atoms with E-state index in [2.05, 4.69) is 25.6 Å². The average molecular weight is 459 g/mol. The summed E-state index contributed by atoms with van der Waals surface area (Å²) in [6.07, 6.45) is 5.50. The van der Waals surface area contributed by atoms with Crippen LogP contribution in [0, 0.1) is 0 Å². The van der Waals surface area contributed by atoms with Crippen LogP contribution in [0.15, 0.2) is 24.5 Å². The highest BCUT2D eigenvalue weighted by atomic mass is 19.1. The van der Waals surface area contributed by atoms with Crippen molar-refractivity contribution in [1.29, 1.82) is 0 Å². The number of halogens is 1. The van der Waals surface area contributed by atoms with E-state index in [1.165, 1.54) is 0 Å². The first kappa shape index (κ1) is 23.2. The zero-order valence-electron chi connectivity index (χ0n) is 18.8. The molecule has 0 radical (unpaired) electrons. The molecule has 1 amide bonds. The molecular formula is C23H31FN6O3. The standard InChI is InChI=1S/C23H31FN6O3/c1-2-16(24)12-26-22-27-13-19(21(29-22)28-17-4-6-18(31)7-5-17)20-8-3-15(11-25-20)14-30-9-10-33-23(30)32/h3,8,11,13,16-18,31H,2,4-7,9-10,12,14H2,1H3,(H2,26,27,28,29)/t16-,17?,18?/m0/s1. The van der Waals surface area contributed by atoms with Gasteiger partial charge in [0.15, 0.2) is 0 Å². The molecule has 1 saturated carbocycles. The zero-order chi connectivity index (χ0) is 23.2. The molecule has 1 aliphatic carbocycles. The molecule has 1 aliphatic heterocycles. The topological polar surface area (TPSA) is 112 Å². The molecule has 0 spiro atoms. The number of hydrogen-bond acceptors (Lipinski definition) is 8. The number of nitrogens with zero attached hydrogens (tertiary/aromatic N) is 4. The van der Waals surface area contributed by atoms with Gasteiger partial charge in [0.1, 0.15) is 18.6 Å². The summed E-state index contributed by atoms with van der Waals surface area (Å²) in [5, 5.41) is 16.3. The number of pyridine rings is 1. The Morgan fingerprint density at radius 2 is 2.06 bits per heavy atom. The van der Waals surface area contributed by atoms with Crippen LogP contribution in [-0.4, -0.2) is 69.1 Å². The van der Waals surface area contributed by atoms with Gasteiger partial charge >= 0.3 is 6.09 Å². The summed E-state index contributed by atoms with van der Waals surface area (Å²) < 4.78 is 18.7. The molecule has 2 aromatic rings. The van der Waals surface area contributed by atoms with Gasteiger partial charge in [-0.25, -0.2) is 14.2 Å². The van der Waals surface area contributed by atoms with E-state index in [0.717, 1.165) is 36.8 Å². The summed E-state index contributed by atoms with van der Waals surface area (Å²) in [4.78, 5) is 26.9. The number of aromatic nitrogens is 3. The lowest BCUT2D eigenvalue weighted by molar-refractivity contribution is 0.126. The minimum Gasteiger partial charge on any atom is -0.448 e. The number of amides is 1. The van der Waals surface area contributed by atoms with Gasteiger partial charge < -0.3 is 25.4 Å². The Hall–Kier alpha value is -3.01. The summed E-state index contributed by atoms with van der Waals surface area (Å²) in [5.41, 5.74) is 2.34. The van der Waals surface area contributed by atoms with Crippen LogP contribution in [-0.2, 0) is 11.3 Å². The van der Waals surface area contributed by atoms with Crippen molar-refractivity contribution in [2.24, 2.45) is 0 Å². The second kappa shape index (κ2) is 10.7. The van der Waals surface area contributed by atoms with Crippen LogP contribution < -0.4 is 10.6 Å². The molecule has 33 heavy (non-hydrogen) atoms. The van der Waals surface area contributed by atoms with Gasteiger partial charge in [0.2, 0.25) is 5.95 Å². The van der Waals surface area contributed by atoms with Crippen molar-refractivity contribution >= 4 is 17.9 Å². The lowest BCUT2D eigenvalue weighted by Crippen LogP contribution is -2.29. The first-order valence-corrected chi connectivity index (χ1v) is 11.6. The molecule has 178 valence electrons. The Morgan fingerprint density at radius 1 is 1.24 bits per heavy atom. The number of carbonyl (C=O) groups excluding carboxylic acids is 1. The van der Waals surface area contributed by atoms with Crippen LogP contribution >= 0.6 is 0 Å². The average Bonchev–Trinajstić information content (AvgIpc) is 3.24. The maximum Gasteiger partial charge on any atom is 0.410 e. The first-order valence-electron chi connectivity index (χ1n) is 11.6. The largest absolute Gasteiger partial charge is 0.448 e. The fourth-order valence-corrected chi connectivity index (χ4v) is 3.99. The normalized spacial score (nSPS) is 21.5. The Morgan fingerprint density at radius 3 is 2.73 bits per heavy atom. The molecule has 3 N–H and O–H groups in total. The van der Waals surface area contributed by atoms with Crippen LogP contribution in [0.1, 0.15) is 44.6 Å². The molecule has 2 aliphatic rings. The number of cyclic esters (lactones) is 1. The quantitative estimate of drug-likeness (QED) is 0.524. The second-order valence-corrected chi connectivity index (χ2v) is 8.58. The van der Waals surface area contributed by atoms with Crippen molar-refractivity contribution in [1.82, 2.24) is 19.9 Å². The first-order chi connectivity index (χ1) is 16.0. The molecule has 0 aromatic carbocycles. The predicted octanol–water partition coefficient (Wildman–Crippen LogP) is 3.37. The number of aliphatic hydroxyl groups excluding tert-OH is 1. The predicted molar refractivity (Wildman–Crippen MR) is 123 cm³/mol. The van der Waals surface area contributed by atoms with Gasteiger partial charge in [-0.2, -0.15) is 4.98 Å². The number of alkyl halides is 1. The minimum absolute atomic E-state index is 0.150. The van der Waals surface area contributed by atoms with E-state index in [9.17, 15) is 14.3 Å². The fourth-order valence-electron chi connectivity index (χ4n) is 3.99. The number of ether oxygens (including phenoxy) is 1. The summed E-state index contributed by atoms with van der Waals surface area (Å²) in [7, 11) is 0. The van der Waals surface area contributed by atoms with Gasteiger partial charge in [0, 0.05) is 25.0 Å². The highest BCUT2D eigenvalue weighted by molar-refractivity contribution is 5.73. The molecule has 0 bridgehead atoms. The van der Waals surface area contributed by atoms with Crippen molar-refractivity contribution in [3.05, 3.63) is 30.1 Å². The van der Waals surface area contributed by atoms with Crippen molar-refractivity contribution in [2.75, 3.05) is 30.3 Å². The lowest BCUT2D eigenvalue weighted by Gasteiger charge is -2.27. The van der Waals surface area contributed by atoms with Crippen LogP contribution in [0.2, 0.25) is 0 Å².